The minimum atomic E-state index is 0.0458. The summed E-state index contributed by atoms with van der Waals surface area (Å²) in [6.45, 7) is 4.19. The van der Waals surface area contributed by atoms with Crippen LogP contribution in [0, 0.1) is 6.92 Å². The van der Waals surface area contributed by atoms with Crippen molar-refractivity contribution in [3.63, 3.8) is 0 Å². The lowest BCUT2D eigenvalue weighted by atomic mass is 10.2. The van der Waals surface area contributed by atoms with E-state index >= 15 is 0 Å². The molecule has 100 valence electrons. The molecule has 1 aromatic heterocycles. The molecule has 0 fully saturated rings. The fraction of sp³-hybridized carbons (Fsp3) is 0.312. The Morgan fingerprint density at radius 1 is 1.21 bits per heavy atom. The molecule has 0 spiro atoms. The number of pyridine rings is 1. The lowest BCUT2D eigenvalue weighted by molar-refractivity contribution is 0.281. The van der Waals surface area contributed by atoms with Crippen molar-refractivity contribution in [3.05, 3.63) is 53.2 Å². The van der Waals surface area contributed by atoms with Gasteiger partial charge in [0.2, 0.25) is 0 Å². The maximum Gasteiger partial charge on any atom is 0.133 e. The first kappa shape index (κ1) is 13.6. The molecule has 0 bridgehead atoms. The second kappa shape index (κ2) is 5.85. The van der Waals surface area contributed by atoms with E-state index in [4.69, 9.17) is 0 Å². The Morgan fingerprint density at radius 3 is 2.63 bits per heavy atom. The van der Waals surface area contributed by atoms with E-state index in [0.29, 0.717) is 0 Å². The van der Waals surface area contributed by atoms with Crippen LogP contribution in [0.5, 0.6) is 0 Å². The zero-order valence-corrected chi connectivity index (χ0v) is 11.7. The molecule has 0 aliphatic rings. The van der Waals surface area contributed by atoms with Gasteiger partial charge in [0.25, 0.3) is 0 Å². The Hall–Kier alpha value is -1.87. The summed E-state index contributed by atoms with van der Waals surface area (Å²) < 4.78 is 0. The van der Waals surface area contributed by atoms with Crippen LogP contribution in [-0.2, 0) is 13.0 Å². The zero-order chi connectivity index (χ0) is 13.8. The summed E-state index contributed by atoms with van der Waals surface area (Å²) in [5.41, 5.74) is 4.23. The topological polar surface area (TPSA) is 36.4 Å². The molecule has 0 radical (unpaired) electrons. The fourth-order valence-electron chi connectivity index (χ4n) is 2.05. The summed E-state index contributed by atoms with van der Waals surface area (Å²) >= 11 is 0. The Labute approximate surface area is 114 Å². The molecule has 0 unspecified atom stereocenters. The van der Waals surface area contributed by atoms with E-state index in [1.54, 1.807) is 0 Å². The van der Waals surface area contributed by atoms with Gasteiger partial charge in [0.15, 0.2) is 0 Å². The molecule has 0 atom stereocenters. The molecule has 1 aromatic carbocycles. The first-order valence-corrected chi connectivity index (χ1v) is 6.55. The van der Waals surface area contributed by atoms with Crippen molar-refractivity contribution >= 4 is 11.5 Å². The van der Waals surface area contributed by atoms with Gasteiger partial charge in [0.05, 0.1) is 6.61 Å². The van der Waals surface area contributed by atoms with Gasteiger partial charge in [-0.1, -0.05) is 19.1 Å². The van der Waals surface area contributed by atoms with E-state index in [1.165, 1.54) is 5.56 Å². The van der Waals surface area contributed by atoms with Gasteiger partial charge < -0.3 is 10.0 Å². The highest BCUT2D eigenvalue weighted by atomic mass is 16.3. The van der Waals surface area contributed by atoms with E-state index < -0.39 is 0 Å². The molecular formula is C16H20N2O. The molecule has 1 N–H and O–H groups in total. The van der Waals surface area contributed by atoms with Crippen LogP contribution < -0.4 is 4.90 Å². The maximum atomic E-state index is 9.33. The molecule has 2 rings (SSSR count). The Kier molecular flexibility index (Phi) is 4.17. The smallest absolute Gasteiger partial charge is 0.133 e. The lowest BCUT2D eigenvalue weighted by Gasteiger charge is -2.20. The summed E-state index contributed by atoms with van der Waals surface area (Å²) in [4.78, 5) is 6.67. The average molecular weight is 256 g/mol. The van der Waals surface area contributed by atoms with Crippen LogP contribution in [0.2, 0.25) is 0 Å². The van der Waals surface area contributed by atoms with E-state index in [0.717, 1.165) is 29.2 Å². The molecule has 0 amide bonds. The number of aromatic nitrogens is 1. The fourth-order valence-corrected chi connectivity index (χ4v) is 2.05. The molecular weight excluding hydrogens is 236 g/mol. The standard InChI is InChI=1S/C16H20N2O/c1-4-14-9-13(11-19)10-16(17-14)18(3)15-7-5-6-12(2)8-15/h5-10,19H,4,11H2,1-3H3. The highest BCUT2D eigenvalue weighted by Gasteiger charge is 2.08. The molecule has 3 nitrogen and oxygen atoms in total. The van der Waals surface area contributed by atoms with Gasteiger partial charge in [-0.25, -0.2) is 4.98 Å². The van der Waals surface area contributed by atoms with Gasteiger partial charge in [-0.05, 0) is 48.7 Å². The number of benzene rings is 1. The summed E-state index contributed by atoms with van der Waals surface area (Å²) in [6, 6.07) is 12.2. The minimum absolute atomic E-state index is 0.0458. The zero-order valence-electron chi connectivity index (χ0n) is 11.7. The molecule has 2 aromatic rings. The third-order valence-corrected chi connectivity index (χ3v) is 3.20. The first-order valence-electron chi connectivity index (χ1n) is 6.55. The molecule has 0 aliphatic heterocycles. The first-order chi connectivity index (χ1) is 9.13. The molecule has 19 heavy (non-hydrogen) atoms. The van der Waals surface area contributed by atoms with Gasteiger partial charge in [0.1, 0.15) is 5.82 Å². The van der Waals surface area contributed by atoms with Crippen LogP contribution in [0.1, 0.15) is 23.7 Å². The van der Waals surface area contributed by atoms with Crippen molar-refractivity contribution in [2.24, 2.45) is 0 Å². The Bertz CT molecular complexity index is 544. The highest BCUT2D eigenvalue weighted by molar-refractivity contribution is 5.60. The summed E-state index contributed by atoms with van der Waals surface area (Å²) in [6.07, 6.45) is 0.864. The van der Waals surface area contributed by atoms with Crippen molar-refractivity contribution in [1.82, 2.24) is 4.98 Å². The number of nitrogens with zero attached hydrogens (tertiary/aromatic N) is 2. The molecule has 0 aliphatic carbocycles. The third-order valence-electron chi connectivity index (χ3n) is 3.20. The number of aryl methyl sites for hydroxylation is 2. The van der Waals surface area contributed by atoms with E-state index in [2.05, 4.69) is 37.0 Å². The van der Waals surface area contributed by atoms with Gasteiger partial charge >= 0.3 is 0 Å². The molecule has 1 heterocycles. The van der Waals surface area contributed by atoms with Crippen molar-refractivity contribution in [1.29, 1.82) is 0 Å². The number of aliphatic hydroxyl groups is 1. The van der Waals surface area contributed by atoms with Crippen LogP contribution in [0.25, 0.3) is 0 Å². The van der Waals surface area contributed by atoms with Crippen LogP contribution in [-0.4, -0.2) is 17.1 Å². The predicted molar refractivity (Wildman–Crippen MR) is 78.8 cm³/mol. The highest BCUT2D eigenvalue weighted by Crippen LogP contribution is 2.24. The lowest BCUT2D eigenvalue weighted by Crippen LogP contribution is -2.12. The van der Waals surface area contributed by atoms with Gasteiger partial charge in [-0.3, -0.25) is 0 Å². The van der Waals surface area contributed by atoms with Gasteiger partial charge in [-0.2, -0.15) is 0 Å². The largest absolute Gasteiger partial charge is 0.392 e. The predicted octanol–water partition coefficient (Wildman–Crippen LogP) is 3.21. The minimum Gasteiger partial charge on any atom is -0.392 e. The number of rotatable bonds is 4. The molecule has 0 saturated heterocycles. The SMILES string of the molecule is CCc1cc(CO)cc(N(C)c2cccc(C)c2)n1. The van der Waals surface area contributed by atoms with Crippen molar-refractivity contribution < 1.29 is 5.11 Å². The summed E-state index contributed by atoms with van der Waals surface area (Å²) in [7, 11) is 2.00. The number of hydrogen-bond donors (Lipinski definition) is 1. The van der Waals surface area contributed by atoms with E-state index in [-0.39, 0.29) is 6.61 Å². The van der Waals surface area contributed by atoms with Crippen LogP contribution >= 0.6 is 0 Å². The summed E-state index contributed by atoms with van der Waals surface area (Å²) in [5, 5.41) is 9.33. The molecule has 3 heteroatoms. The Balaban J connectivity index is 2.40. The van der Waals surface area contributed by atoms with Crippen LogP contribution in [0.4, 0.5) is 11.5 Å². The van der Waals surface area contributed by atoms with Crippen LogP contribution in [0.3, 0.4) is 0 Å². The quantitative estimate of drug-likeness (QED) is 0.912. The monoisotopic (exact) mass is 256 g/mol. The van der Waals surface area contributed by atoms with E-state index in [9.17, 15) is 5.11 Å². The van der Waals surface area contributed by atoms with Crippen LogP contribution in [0.15, 0.2) is 36.4 Å². The van der Waals surface area contributed by atoms with Crippen molar-refractivity contribution in [3.8, 4) is 0 Å². The van der Waals surface area contributed by atoms with Crippen molar-refractivity contribution in [2.75, 3.05) is 11.9 Å². The Morgan fingerprint density at radius 2 is 2.00 bits per heavy atom. The van der Waals surface area contributed by atoms with E-state index in [1.807, 2.05) is 30.1 Å². The third kappa shape index (κ3) is 3.12. The number of aliphatic hydroxyl groups excluding tert-OH is 1. The maximum absolute atomic E-state index is 9.33. The number of hydrogen-bond acceptors (Lipinski definition) is 3. The summed E-state index contributed by atoms with van der Waals surface area (Å²) in [5.74, 6) is 0.869. The second-order valence-electron chi connectivity index (χ2n) is 4.73. The van der Waals surface area contributed by atoms with Crippen molar-refractivity contribution in [2.45, 2.75) is 26.9 Å². The van der Waals surface area contributed by atoms with Gasteiger partial charge in [0, 0.05) is 18.4 Å². The average Bonchev–Trinajstić information content (AvgIpc) is 2.45. The molecule has 0 saturated carbocycles. The van der Waals surface area contributed by atoms with Gasteiger partial charge in [-0.15, -0.1) is 0 Å². The normalized spacial score (nSPS) is 10.5. The second-order valence-corrected chi connectivity index (χ2v) is 4.73. The number of anilines is 2.